The zero-order valence-electron chi connectivity index (χ0n) is 32.1. The Morgan fingerprint density at radius 3 is 1.81 bits per heavy atom. The third-order valence-corrected chi connectivity index (χ3v) is 9.36. The Morgan fingerprint density at radius 1 is 0.661 bits per heavy atom. The van der Waals surface area contributed by atoms with Crippen molar-refractivity contribution in [1.82, 2.24) is 40.3 Å². The number of thiophene rings is 1. The molecule has 0 N–H and O–H groups in total. The van der Waals surface area contributed by atoms with Crippen LogP contribution in [-0.2, 0) is 47.8 Å². The van der Waals surface area contributed by atoms with Crippen molar-refractivity contribution < 1.29 is 64.9 Å². The maximum atomic E-state index is 12.5. The van der Waals surface area contributed by atoms with Gasteiger partial charge in [-0.1, -0.05) is 55.5 Å². The number of aromatic nitrogens is 8. The van der Waals surface area contributed by atoms with Crippen molar-refractivity contribution in [2.24, 2.45) is 0 Å². The number of carbonyl (C=O) groups excluding carboxylic acids is 2. The van der Waals surface area contributed by atoms with Crippen molar-refractivity contribution in [3.8, 4) is 68.9 Å². The Kier molecular flexibility index (Phi) is 16.0. The number of alkyl halides is 6. The first-order chi connectivity index (χ1) is 29.3. The van der Waals surface area contributed by atoms with Gasteiger partial charge >= 0.3 is 31.8 Å². The molecule has 0 saturated heterocycles. The molecule has 0 aliphatic heterocycles. The molecule has 0 unspecified atom stereocenters. The number of hydrogen-bond acceptors (Lipinski definition) is 11. The molecule has 7 aromatic heterocycles. The summed E-state index contributed by atoms with van der Waals surface area (Å²) in [6, 6.07) is 17.7. The zero-order chi connectivity index (χ0) is 43.4. The summed E-state index contributed by atoms with van der Waals surface area (Å²) in [5.74, 6) is 7.16. The first-order valence-corrected chi connectivity index (χ1v) is 19.1. The Balaban J connectivity index is 0.000000251. The van der Waals surface area contributed by atoms with Crippen molar-refractivity contribution in [2.45, 2.75) is 51.4 Å². The van der Waals surface area contributed by atoms with Crippen LogP contribution in [0.25, 0.3) is 45.6 Å². The molecule has 0 aliphatic carbocycles. The molecule has 0 amide bonds. The van der Waals surface area contributed by atoms with E-state index in [9.17, 15) is 35.9 Å². The average Bonchev–Trinajstić information content (AvgIpc) is 4.05. The molecule has 0 fully saturated rings. The summed E-state index contributed by atoms with van der Waals surface area (Å²) in [6.45, 7) is 2.90. The summed E-state index contributed by atoms with van der Waals surface area (Å²) >= 11 is 1.65. The van der Waals surface area contributed by atoms with Gasteiger partial charge in [0.05, 0.1) is 39.0 Å². The minimum atomic E-state index is -4.65. The second-order valence-corrected chi connectivity index (χ2v) is 13.7. The monoisotopic (exact) mass is 958 g/mol. The zero-order valence-corrected chi connectivity index (χ0v) is 34.6. The summed E-state index contributed by atoms with van der Waals surface area (Å²) in [5.41, 5.74) is 1.37. The van der Waals surface area contributed by atoms with Crippen molar-refractivity contribution in [1.29, 1.82) is 0 Å². The minimum Gasteiger partial charge on any atom is -0.573 e. The molecule has 7 rings (SSSR count). The van der Waals surface area contributed by atoms with E-state index in [1.54, 1.807) is 41.8 Å². The molecule has 0 radical (unpaired) electrons. The van der Waals surface area contributed by atoms with E-state index in [0.29, 0.717) is 53.6 Å². The number of nitrogens with zero attached hydrogens (tertiary/aromatic N) is 8. The van der Waals surface area contributed by atoms with Crippen LogP contribution in [0.1, 0.15) is 60.0 Å². The van der Waals surface area contributed by atoms with E-state index < -0.39 is 23.7 Å². The molecule has 0 spiro atoms. The van der Waals surface area contributed by atoms with E-state index in [1.165, 1.54) is 55.6 Å². The van der Waals surface area contributed by atoms with Crippen LogP contribution in [-0.4, -0.2) is 43.1 Å². The van der Waals surface area contributed by atoms with Gasteiger partial charge in [-0.3, -0.25) is 24.5 Å². The third kappa shape index (κ3) is 12.5. The summed E-state index contributed by atoms with van der Waals surface area (Å²) < 4.78 is 85.2. The largest absolute Gasteiger partial charge is 2.00 e. The van der Waals surface area contributed by atoms with E-state index in [1.807, 2.05) is 12.1 Å². The molecular weight excluding hydrogens is 928 g/mol. The van der Waals surface area contributed by atoms with Gasteiger partial charge in [0, 0.05) is 36.2 Å². The molecular formula is C42H30F6N8O4RuS. The van der Waals surface area contributed by atoms with E-state index in [4.69, 9.17) is 9.47 Å². The minimum absolute atomic E-state index is 0. The van der Waals surface area contributed by atoms with Crippen LogP contribution in [0.15, 0.2) is 90.6 Å². The average molecular weight is 958 g/mol. The van der Waals surface area contributed by atoms with Gasteiger partial charge in [0.25, 0.3) is 12.9 Å². The number of aryl methyl sites for hydroxylation is 1. The van der Waals surface area contributed by atoms with E-state index >= 15 is 0 Å². The van der Waals surface area contributed by atoms with Gasteiger partial charge in [0.1, 0.15) is 22.9 Å². The number of halogens is 6. The predicted octanol–water partition coefficient (Wildman–Crippen LogP) is 9.02. The quantitative estimate of drug-likeness (QED) is 0.0356. The van der Waals surface area contributed by atoms with Crippen LogP contribution >= 0.6 is 11.3 Å². The molecule has 7 aromatic rings. The molecule has 0 aliphatic rings. The normalized spacial score (nSPS) is 11.0. The SMILES string of the molecule is CCCCCCc1ccsc1C#Cc1ccnc(-c2cc(OC=O)cc(-c3cc(OC=O)ccn3)n2)c1.FC(F)(F)c1cc(-c2cccc(-c3cc(C(F)(F)F)n[n-]3)n2)[n-]n1.[Ru+2]. The molecule has 318 valence electrons. The van der Waals surface area contributed by atoms with Gasteiger partial charge < -0.3 is 29.9 Å². The van der Waals surface area contributed by atoms with Crippen molar-refractivity contribution >= 4 is 24.3 Å². The molecule has 0 bridgehead atoms. The topological polar surface area (TPSA) is 158 Å². The molecule has 62 heavy (non-hydrogen) atoms. The molecule has 0 saturated carbocycles. The first kappa shape index (κ1) is 46.5. The number of unbranched alkanes of at least 4 members (excludes halogenated alkanes) is 3. The van der Waals surface area contributed by atoms with Gasteiger partial charge in [0.2, 0.25) is 0 Å². The van der Waals surface area contributed by atoms with E-state index in [0.717, 1.165) is 16.9 Å². The number of carbonyl (C=O) groups is 2. The van der Waals surface area contributed by atoms with Crippen LogP contribution < -0.4 is 19.7 Å². The molecule has 20 heteroatoms. The molecule has 7 heterocycles. The summed E-state index contributed by atoms with van der Waals surface area (Å²) in [5, 5.41) is 14.9. The van der Waals surface area contributed by atoms with Crippen molar-refractivity contribution in [2.75, 3.05) is 0 Å². The van der Waals surface area contributed by atoms with Gasteiger partial charge in [-0.2, -0.15) is 26.3 Å². The molecule has 0 aromatic carbocycles. The number of hydrogen-bond donors (Lipinski definition) is 0. The predicted molar refractivity (Wildman–Crippen MR) is 210 cm³/mol. The second kappa shape index (κ2) is 21.3. The third-order valence-electron chi connectivity index (χ3n) is 8.48. The molecule has 0 atom stereocenters. The van der Waals surface area contributed by atoms with Crippen LogP contribution in [0.5, 0.6) is 11.5 Å². The fourth-order valence-electron chi connectivity index (χ4n) is 5.57. The van der Waals surface area contributed by atoms with E-state index in [2.05, 4.69) is 70.5 Å². The van der Waals surface area contributed by atoms with Gasteiger partial charge in [-0.25, -0.2) is 4.98 Å². The fourth-order valence-corrected chi connectivity index (χ4v) is 6.37. The number of pyridine rings is 4. The first-order valence-electron chi connectivity index (χ1n) is 18.2. The summed E-state index contributed by atoms with van der Waals surface area (Å²) in [6.07, 6.45) is -0.206. The smallest absolute Gasteiger partial charge is 0.573 e. The summed E-state index contributed by atoms with van der Waals surface area (Å²) in [4.78, 5) is 40.2. The molecule has 12 nitrogen and oxygen atoms in total. The Hall–Kier alpha value is -6.58. The van der Waals surface area contributed by atoms with Crippen LogP contribution in [0.2, 0.25) is 0 Å². The van der Waals surface area contributed by atoms with Gasteiger partial charge in [0.15, 0.2) is 0 Å². The van der Waals surface area contributed by atoms with Crippen LogP contribution in [0.4, 0.5) is 26.3 Å². The van der Waals surface area contributed by atoms with Gasteiger partial charge in [-0.05, 0) is 72.3 Å². The Morgan fingerprint density at radius 2 is 1.23 bits per heavy atom. The number of rotatable bonds is 13. The maximum absolute atomic E-state index is 12.5. The van der Waals surface area contributed by atoms with Gasteiger partial charge in [-0.15, -0.1) is 11.3 Å². The van der Waals surface area contributed by atoms with Crippen LogP contribution in [0.3, 0.4) is 0 Å². The van der Waals surface area contributed by atoms with Crippen molar-refractivity contribution in [3.63, 3.8) is 0 Å². The van der Waals surface area contributed by atoms with Crippen LogP contribution in [0, 0.1) is 11.8 Å². The number of ether oxygens (including phenoxy) is 2. The fraction of sp³-hybridized carbons (Fsp3) is 0.190. The Labute approximate surface area is 366 Å². The Bertz CT molecular complexity index is 2600. The van der Waals surface area contributed by atoms with E-state index in [-0.39, 0.29) is 48.0 Å². The summed E-state index contributed by atoms with van der Waals surface area (Å²) in [7, 11) is 0. The van der Waals surface area contributed by atoms with Crippen molar-refractivity contribution in [3.05, 3.63) is 118 Å². The standard InChI is InChI=1S/C29H25N3O4S.C13H5F6N5.Ru/c1-2-3-4-5-6-22-11-14-37-29(22)8-7-21-9-12-30-25(15-21)27-17-24(36-20-34)18-28(32-27)26-16-23(35-19-33)10-13-31-26;14-12(15,16)10-4-8(21-23-10)6-2-1-3-7(20-6)9-5-11(24-22-9)13(17,18)19;/h9-20H,2-6H2,1H3;1-5H;/q;-2;+2. The maximum Gasteiger partial charge on any atom is 2.00 e. The second-order valence-electron chi connectivity index (χ2n) is 12.8.